The Hall–Kier alpha value is -5.83. The first-order valence-corrected chi connectivity index (χ1v) is 20.1. The predicted molar refractivity (Wildman–Crippen MR) is 218 cm³/mol. The summed E-state index contributed by atoms with van der Waals surface area (Å²) in [4.78, 5) is 56.3. The Bertz CT molecular complexity index is 2260. The van der Waals surface area contributed by atoms with Gasteiger partial charge in [0.1, 0.15) is 0 Å². The van der Waals surface area contributed by atoms with Crippen LogP contribution in [0.5, 0.6) is 5.88 Å². The maximum atomic E-state index is 13.8. The summed E-state index contributed by atoms with van der Waals surface area (Å²) >= 11 is 0. The van der Waals surface area contributed by atoms with Crippen molar-refractivity contribution in [3.8, 4) is 17.1 Å². The topological polar surface area (TPSA) is 171 Å². The number of aliphatic imine (C=N–C) groups is 1. The van der Waals surface area contributed by atoms with Crippen LogP contribution in [0.3, 0.4) is 0 Å². The van der Waals surface area contributed by atoms with Gasteiger partial charge in [0.2, 0.25) is 23.7 Å². The number of carbonyl (C=O) groups excluding carboxylic acids is 3. The Kier molecular flexibility index (Phi) is 9.85. The number of hydrogen-bond acceptors (Lipinski definition) is 12. The minimum absolute atomic E-state index is 0.212. The van der Waals surface area contributed by atoms with E-state index in [1.807, 2.05) is 26.2 Å². The molecule has 7 heterocycles. The van der Waals surface area contributed by atoms with Gasteiger partial charge in [0.05, 0.1) is 58.9 Å². The molecule has 15 nitrogen and oxygen atoms in total. The van der Waals surface area contributed by atoms with Gasteiger partial charge in [-0.1, -0.05) is 0 Å². The summed E-state index contributed by atoms with van der Waals surface area (Å²) in [5.41, 5.74) is 8.47. The summed E-state index contributed by atoms with van der Waals surface area (Å²) in [5.74, 6) is 1.02. The molecule has 3 fully saturated rings. The van der Waals surface area contributed by atoms with Gasteiger partial charge >= 0.3 is 0 Å². The van der Waals surface area contributed by atoms with Crippen LogP contribution >= 0.6 is 0 Å². The molecular formula is C42H49N11O4. The number of aryl methyl sites for hydroxylation is 3. The monoisotopic (exact) mass is 771 g/mol. The number of nitrogens with one attached hydrogen (secondary N) is 4. The van der Waals surface area contributed by atoms with Crippen LogP contribution in [0.4, 0.5) is 22.7 Å². The Morgan fingerprint density at radius 2 is 1.79 bits per heavy atom. The zero-order valence-corrected chi connectivity index (χ0v) is 32.7. The highest BCUT2D eigenvalue weighted by Gasteiger charge is 2.41. The first-order valence-electron chi connectivity index (χ1n) is 20.1. The van der Waals surface area contributed by atoms with E-state index in [2.05, 4.69) is 71.3 Å². The molecule has 4 aromatic rings. The Balaban J connectivity index is 0.818. The molecule has 4 aliphatic heterocycles. The third-order valence-electron chi connectivity index (χ3n) is 12.0. The van der Waals surface area contributed by atoms with Gasteiger partial charge < -0.3 is 30.5 Å². The number of amides is 3. The van der Waals surface area contributed by atoms with Gasteiger partial charge in [-0.25, -0.2) is 4.68 Å². The largest absolute Gasteiger partial charge is 0.477 e. The van der Waals surface area contributed by atoms with Crippen molar-refractivity contribution < 1.29 is 19.1 Å². The molecule has 2 bridgehead atoms. The smallest absolute Gasteiger partial charge is 0.280 e. The van der Waals surface area contributed by atoms with E-state index < -0.39 is 0 Å². The highest BCUT2D eigenvalue weighted by Crippen LogP contribution is 2.45. The van der Waals surface area contributed by atoms with Gasteiger partial charge in [-0.2, -0.15) is 10.1 Å². The lowest BCUT2D eigenvalue weighted by atomic mass is 9.93. The van der Waals surface area contributed by atoms with Gasteiger partial charge in [0, 0.05) is 69.2 Å². The molecule has 57 heavy (non-hydrogen) atoms. The van der Waals surface area contributed by atoms with Crippen LogP contribution in [-0.4, -0.2) is 88.8 Å². The lowest BCUT2D eigenvalue weighted by Crippen LogP contribution is -2.44. The minimum atomic E-state index is -0.373. The second kappa shape index (κ2) is 15.3. The molecule has 1 aromatic carbocycles. The van der Waals surface area contributed by atoms with Crippen LogP contribution in [0, 0.1) is 25.7 Å². The summed E-state index contributed by atoms with van der Waals surface area (Å²) in [6.45, 7) is 8.73. The second-order valence-electron chi connectivity index (χ2n) is 16.0. The first-order chi connectivity index (χ1) is 27.7. The number of carbonyl (C=O) groups is 3. The maximum Gasteiger partial charge on any atom is 0.280 e. The van der Waals surface area contributed by atoms with Crippen LogP contribution in [0.15, 0.2) is 53.8 Å². The SMILES string of the molecule is Cc1cc2cc(n1)-c1cnn(C)c1OCC[C@@H]1C[C@H]1CN1/C(=N/C2=O)Nc2ccc(NCCNC3CCN(c4cnc(C5CCC(=O)NC5=O)cc4C)CC3)cc21. The second-order valence-corrected chi connectivity index (χ2v) is 16.0. The van der Waals surface area contributed by atoms with Crippen LogP contribution in [0.25, 0.3) is 11.3 Å². The minimum Gasteiger partial charge on any atom is -0.477 e. The van der Waals surface area contributed by atoms with Gasteiger partial charge in [-0.3, -0.25) is 29.7 Å². The van der Waals surface area contributed by atoms with E-state index in [4.69, 9.17) is 9.72 Å². The molecule has 1 saturated carbocycles. The molecule has 3 amide bonds. The molecule has 5 aliphatic rings. The zero-order chi connectivity index (χ0) is 39.2. The quantitative estimate of drug-likeness (QED) is 0.153. The molecule has 2 saturated heterocycles. The number of aromatic nitrogens is 4. The Labute approximate surface area is 331 Å². The van der Waals surface area contributed by atoms with Crippen LogP contribution in [-0.2, 0) is 16.6 Å². The summed E-state index contributed by atoms with van der Waals surface area (Å²) < 4.78 is 8.00. The zero-order valence-electron chi connectivity index (χ0n) is 32.7. The standard InChI is InChI=1S/C42H49N11O4/c1-24-16-34(31-5-7-38(54)49-40(31)56)45-22-37(24)52-13-8-29(9-14-52)43-11-12-44-30-4-6-33-36(20-30)53-23-28-18-26(28)10-15-57-41-32(21-46-51(41)3)35-19-27(17-25(2)47-35)39(55)50-42(53)48-33/h4,6,16-17,19-22,26,28-29,31,43-44H,5,7-15,18,23H2,1-3H3,(H,48,50,55)(H,49,54,56)/t26-,28+,31?/m1/s1. The highest BCUT2D eigenvalue weighted by atomic mass is 16.5. The molecular weight excluding hydrogens is 723 g/mol. The predicted octanol–water partition coefficient (Wildman–Crippen LogP) is 4.53. The van der Waals surface area contributed by atoms with Crippen molar-refractivity contribution in [2.24, 2.45) is 23.9 Å². The fourth-order valence-corrected chi connectivity index (χ4v) is 8.71. The Morgan fingerprint density at radius 1 is 0.930 bits per heavy atom. The average Bonchev–Trinajstić information content (AvgIpc) is 3.71. The van der Waals surface area contributed by atoms with E-state index in [-0.39, 0.29) is 23.6 Å². The fraction of sp³-hybridized carbons (Fsp3) is 0.452. The summed E-state index contributed by atoms with van der Waals surface area (Å²) in [6.07, 6.45) is 8.56. The van der Waals surface area contributed by atoms with Crippen LogP contribution in [0.1, 0.15) is 71.8 Å². The molecule has 0 spiro atoms. The number of guanidine groups is 1. The molecule has 3 atom stereocenters. The number of anilines is 4. The molecule has 1 aliphatic carbocycles. The number of ether oxygens (including phenoxy) is 1. The summed E-state index contributed by atoms with van der Waals surface area (Å²) in [7, 11) is 1.86. The molecule has 4 N–H and O–H groups in total. The number of pyridine rings is 2. The van der Waals surface area contributed by atoms with Crippen molar-refractivity contribution in [2.45, 2.75) is 64.3 Å². The molecule has 3 aromatic heterocycles. The molecule has 0 radical (unpaired) electrons. The van der Waals surface area contributed by atoms with Crippen molar-refractivity contribution in [3.05, 3.63) is 71.3 Å². The van der Waals surface area contributed by atoms with Crippen molar-refractivity contribution in [3.63, 3.8) is 0 Å². The van der Waals surface area contributed by atoms with Gasteiger partial charge in [0.15, 0.2) is 0 Å². The fourth-order valence-electron chi connectivity index (χ4n) is 8.71. The lowest BCUT2D eigenvalue weighted by Gasteiger charge is -2.35. The van der Waals surface area contributed by atoms with Crippen molar-refractivity contribution >= 4 is 46.4 Å². The van der Waals surface area contributed by atoms with E-state index in [9.17, 15) is 14.4 Å². The third kappa shape index (κ3) is 7.67. The number of piperidine rings is 2. The lowest BCUT2D eigenvalue weighted by molar-refractivity contribution is -0.134. The van der Waals surface area contributed by atoms with E-state index >= 15 is 0 Å². The van der Waals surface area contributed by atoms with E-state index in [0.717, 1.165) is 104 Å². The van der Waals surface area contributed by atoms with Crippen LogP contribution in [0.2, 0.25) is 0 Å². The number of rotatable bonds is 7. The average molecular weight is 772 g/mol. The van der Waals surface area contributed by atoms with Gasteiger partial charge in [-0.05, 0) is 99.7 Å². The van der Waals surface area contributed by atoms with E-state index in [1.54, 1.807) is 23.0 Å². The molecule has 15 heteroatoms. The Morgan fingerprint density at radius 3 is 2.61 bits per heavy atom. The number of nitrogens with zero attached hydrogens (tertiary/aromatic N) is 7. The van der Waals surface area contributed by atoms with Crippen LogP contribution < -0.4 is 35.8 Å². The molecule has 296 valence electrons. The summed E-state index contributed by atoms with van der Waals surface area (Å²) in [5, 5.41) is 17.7. The number of hydrogen-bond donors (Lipinski definition) is 4. The number of fused-ring (bicyclic) bond motifs is 8. The maximum absolute atomic E-state index is 13.8. The normalized spacial score (nSPS) is 23.0. The van der Waals surface area contributed by atoms with Gasteiger partial charge in [-0.15, -0.1) is 0 Å². The molecule has 9 rings (SSSR count). The molecule has 1 unspecified atom stereocenters. The van der Waals surface area contributed by atoms with Crippen molar-refractivity contribution in [2.75, 3.05) is 59.8 Å². The summed E-state index contributed by atoms with van der Waals surface area (Å²) in [6, 6.07) is 12.3. The first kappa shape index (κ1) is 36.8. The van der Waals surface area contributed by atoms with Crippen molar-refractivity contribution in [1.82, 2.24) is 30.4 Å². The van der Waals surface area contributed by atoms with E-state index in [0.29, 0.717) is 60.4 Å². The number of benzene rings is 1. The van der Waals surface area contributed by atoms with Crippen molar-refractivity contribution in [1.29, 1.82) is 0 Å². The third-order valence-corrected chi connectivity index (χ3v) is 12.0. The van der Waals surface area contributed by atoms with Gasteiger partial charge in [0.25, 0.3) is 5.91 Å². The van der Waals surface area contributed by atoms with E-state index in [1.165, 1.54) is 0 Å². The number of imide groups is 1. The highest BCUT2D eigenvalue weighted by molar-refractivity contribution is 6.19.